The van der Waals surface area contributed by atoms with Crippen molar-refractivity contribution in [3.8, 4) is 0 Å². The van der Waals surface area contributed by atoms with E-state index < -0.39 is 0 Å². The number of nitrogens with zero attached hydrogens (tertiary/aromatic N) is 2. The summed E-state index contributed by atoms with van der Waals surface area (Å²) in [6.45, 7) is 3.42. The van der Waals surface area contributed by atoms with Crippen LogP contribution in [-0.4, -0.2) is 40.6 Å². The summed E-state index contributed by atoms with van der Waals surface area (Å²) in [5, 5.41) is 9.67. The van der Waals surface area contributed by atoms with E-state index in [1.165, 1.54) is 5.56 Å². The number of carbonyl (C=O) groups excluding carboxylic acids is 1. The normalized spacial score (nSPS) is 20.7. The van der Waals surface area contributed by atoms with Gasteiger partial charge < -0.3 is 10.0 Å². The third kappa shape index (κ3) is 3.59. The molecule has 1 amide bonds. The number of amides is 1. The number of hydrogen-bond acceptors (Lipinski definition) is 3. The van der Waals surface area contributed by atoms with Crippen LogP contribution in [0.1, 0.15) is 22.6 Å². The molecule has 0 aliphatic carbocycles. The highest BCUT2D eigenvalue weighted by Gasteiger charge is 2.35. The molecule has 1 aromatic heterocycles. The van der Waals surface area contributed by atoms with Gasteiger partial charge in [-0.25, -0.2) is 0 Å². The second kappa shape index (κ2) is 6.92. The van der Waals surface area contributed by atoms with Crippen LogP contribution in [0.5, 0.6) is 0 Å². The van der Waals surface area contributed by atoms with E-state index in [0.29, 0.717) is 19.5 Å². The largest absolute Gasteiger partial charge is 0.396 e. The number of hydrogen-bond donors (Lipinski definition) is 1. The highest BCUT2D eigenvalue weighted by Crippen LogP contribution is 2.32. The number of carbonyl (C=O) groups is 1. The fraction of sp³-hybridized carbons (Fsp3) is 0.368. The first-order valence-corrected chi connectivity index (χ1v) is 8.01. The zero-order chi connectivity index (χ0) is 16.2. The third-order valence-corrected chi connectivity index (χ3v) is 4.60. The van der Waals surface area contributed by atoms with Crippen LogP contribution >= 0.6 is 0 Å². The van der Waals surface area contributed by atoms with Crippen LogP contribution in [0, 0.1) is 12.8 Å². The molecule has 1 aliphatic heterocycles. The molecule has 1 aromatic carbocycles. The molecule has 0 radical (unpaired) electrons. The monoisotopic (exact) mass is 310 g/mol. The van der Waals surface area contributed by atoms with Crippen molar-refractivity contribution in [1.82, 2.24) is 9.88 Å². The molecule has 4 heteroatoms. The van der Waals surface area contributed by atoms with Crippen molar-refractivity contribution in [2.24, 2.45) is 5.92 Å². The predicted octanol–water partition coefficient (Wildman–Crippen LogP) is 2.17. The van der Waals surface area contributed by atoms with Gasteiger partial charge in [0.05, 0.1) is 6.42 Å². The van der Waals surface area contributed by atoms with Gasteiger partial charge in [-0.15, -0.1) is 0 Å². The molecule has 2 aromatic rings. The first kappa shape index (κ1) is 15.7. The maximum atomic E-state index is 12.6. The van der Waals surface area contributed by atoms with Gasteiger partial charge >= 0.3 is 0 Å². The van der Waals surface area contributed by atoms with Crippen LogP contribution in [0.15, 0.2) is 48.8 Å². The lowest BCUT2D eigenvalue weighted by atomic mass is 9.90. The fourth-order valence-electron chi connectivity index (χ4n) is 3.36. The maximum absolute atomic E-state index is 12.6. The lowest BCUT2D eigenvalue weighted by Crippen LogP contribution is -2.30. The van der Waals surface area contributed by atoms with Crippen LogP contribution in [0.4, 0.5) is 0 Å². The minimum Gasteiger partial charge on any atom is -0.396 e. The zero-order valence-corrected chi connectivity index (χ0v) is 13.4. The van der Waals surface area contributed by atoms with E-state index in [9.17, 15) is 9.90 Å². The Bertz CT molecular complexity index is 672. The Morgan fingerprint density at radius 1 is 1.26 bits per heavy atom. The Balaban J connectivity index is 1.70. The van der Waals surface area contributed by atoms with Crippen molar-refractivity contribution >= 4 is 5.91 Å². The third-order valence-electron chi connectivity index (χ3n) is 4.60. The summed E-state index contributed by atoms with van der Waals surface area (Å²) in [5.74, 6) is 0.411. The Kier molecular flexibility index (Phi) is 4.72. The number of likely N-dealkylation sites (tertiary alicyclic amines) is 1. The average Bonchev–Trinajstić information content (AvgIpc) is 3.00. The van der Waals surface area contributed by atoms with Crippen LogP contribution in [0.2, 0.25) is 0 Å². The number of aliphatic hydroxyl groups is 1. The standard InChI is InChI=1S/C19H22N2O2/c1-14-3-2-4-15(9-14)10-19(23)21-11-17(13-22)18(12-21)16-5-7-20-8-6-16/h2-9,17-18,22H,10-13H2,1H3. The van der Waals surface area contributed by atoms with E-state index in [-0.39, 0.29) is 24.3 Å². The number of aliphatic hydroxyl groups excluding tert-OH is 1. The molecular weight excluding hydrogens is 288 g/mol. The van der Waals surface area contributed by atoms with Gasteiger partial charge in [0, 0.05) is 43.9 Å². The lowest BCUT2D eigenvalue weighted by molar-refractivity contribution is -0.129. The summed E-state index contributed by atoms with van der Waals surface area (Å²) in [7, 11) is 0. The molecule has 2 unspecified atom stereocenters. The first-order chi connectivity index (χ1) is 11.2. The summed E-state index contributed by atoms with van der Waals surface area (Å²) in [5.41, 5.74) is 3.35. The average molecular weight is 310 g/mol. The van der Waals surface area contributed by atoms with Gasteiger partial charge in [-0.2, -0.15) is 0 Å². The van der Waals surface area contributed by atoms with E-state index in [0.717, 1.165) is 11.1 Å². The van der Waals surface area contributed by atoms with Gasteiger partial charge in [0.1, 0.15) is 0 Å². The zero-order valence-electron chi connectivity index (χ0n) is 13.4. The van der Waals surface area contributed by atoms with E-state index >= 15 is 0 Å². The summed E-state index contributed by atoms with van der Waals surface area (Å²) >= 11 is 0. The smallest absolute Gasteiger partial charge is 0.227 e. The van der Waals surface area contributed by atoms with Crippen molar-refractivity contribution in [1.29, 1.82) is 0 Å². The van der Waals surface area contributed by atoms with Gasteiger partial charge in [0.15, 0.2) is 0 Å². The minimum absolute atomic E-state index is 0.0962. The lowest BCUT2D eigenvalue weighted by Gasteiger charge is -2.17. The Morgan fingerprint density at radius 3 is 2.74 bits per heavy atom. The topological polar surface area (TPSA) is 53.4 Å². The van der Waals surface area contributed by atoms with Crippen LogP contribution in [0.25, 0.3) is 0 Å². The fourth-order valence-corrected chi connectivity index (χ4v) is 3.36. The van der Waals surface area contributed by atoms with Crippen LogP contribution in [0.3, 0.4) is 0 Å². The molecule has 3 rings (SSSR count). The molecule has 1 aliphatic rings. The molecule has 1 fully saturated rings. The second-order valence-corrected chi connectivity index (χ2v) is 6.29. The molecule has 4 nitrogen and oxygen atoms in total. The number of aromatic nitrogens is 1. The minimum atomic E-state index is 0.0962. The van der Waals surface area contributed by atoms with Crippen molar-refractivity contribution in [3.63, 3.8) is 0 Å². The van der Waals surface area contributed by atoms with E-state index in [2.05, 4.69) is 11.1 Å². The van der Waals surface area contributed by atoms with Crippen molar-refractivity contribution < 1.29 is 9.90 Å². The molecule has 120 valence electrons. The molecule has 2 heterocycles. The summed E-state index contributed by atoms with van der Waals surface area (Å²) < 4.78 is 0. The SMILES string of the molecule is Cc1cccc(CC(=O)N2CC(CO)C(c3ccncc3)C2)c1. The van der Waals surface area contributed by atoms with Crippen LogP contribution < -0.4 is 0 Å². The van der Waals surface area contributed by atoms with Crippen molar-refractivity contribution in [2.75, 3.05) is 19.7 Å². The van der Waals surface area contributed by atoms with E-state index in [4.69, 9.17) is 0 Å². The highest BCUT2D eigenvalue weighted by molar-refractivity contribution is 5.79. The molecule has 0 saturated carbocycles. The Labute approximate surface area is 136 Å². The van der Waals surface area contributed by atoms with Gasteiger partial charge in [0.25, 0.3) is 0 Å². The quantitative estimate of drug-likeness (QED) is 0.941. The number of benzene rings is 1. The molecular formula is C19H22N2O2. The second-order valence-electron chi connectivity index (χ2n) is 6.29. The molecule has 0 bridgehead atoms. The summed E-state index contributed by atoms with van der Waals surface area (Å²) in [4.78, 5) is 18.5. The molecule has 0 spiro atoms. The number of aryl methyl sites for hydroxylation is 1. The van der Waals surface area contributed by atoms with Crippen molar-refractivity contribution in [3.05, 3.63) is 65.5 Å². The number of pyridine rings is 1. The van der Waals surface area contributed by atoms with Gasteiger partial charge in [-0.05, 0) is 30.2 Å². The van der Waals surface area contributed by atoms with Crippen LogP contribution in [-0.2, 0) is 11.2 Å². The maximum Gasteiger partial charge on any atom is 0.227 e. The first-order valence-electron chi connectivity index (χ1n) is 8.01. The molecule has 23 heavy (non-hydrogen) atoms. The molecule has 1 N–H and O–H groups in total. The molecule has 2 atom stereocenters. The van der Waals surface area contributed by atoms with E-state index in [1.54, 1.807) is 12.4 Å². The summed E-state index contributed by atoms with van der Waals surface area (Å²) in [6, 6.07) is 12.0. The Morgan fingerprint density at radius 2 is 2.04 bits per heavy atom. The Hall–Kier alpha value is -2.20. The predicted molar refractivity (Wildman–Crippen MR) is 89.0 cm³/mol. The van der Waals surface area contributed by atoms with Gasteiger partial charge in [-0.3, -0.25) is 9.78 Å². The highest BCUT2D eigenvalue weighted by atomic mass is 16.3. The van der Waals surface area contributed by atoms with E-state index in [1.807, 2.05) is 42.2 Å². The number of rotatable bonds is 4. The molecule has 1 saturated heterocycles. The van der Waals surface area contributed by atoms with Crippen molar-refractivity contribution in [2.45, 2.75) is 19.3 Å². The summed E-state index contributed by atoms with van der Waals surface area (Å²) in [6.07, 6.45) is 3.95. The van der Waals surface area contributed by atoms with Gasteiger partial charge in [-0.1, -0.05) is 29.8 Å². The van der Waals surface area contributed by atoms with Gasteiger partial charge in [0.2, 0.25) is 5.91 Å².